The van der Waals surface area contributed by atoms with Crippen LogP contribution in [0.2, 0.25) is 0 Å². The molecule has 0 radical (unpaired) electrons. The maximum Gasteiger partial charge on any atom is 0.307 e. The number of pyridine rings is 1. The molecule has 1 aromatic rings. The Balaban J connectivity index is 2.64. The molecule has 0 aliphatic carbocycles. The van der Waals surface area contributed by atoms with Gasteiger partial charge in [0.25, 0.3) is 0 Å². The fourth-order valence-electron chi connectivity index (χ4n) is 1.43. The van der Waals surface area contributed by atoms with Crippen LogP contribution in [0, 0.1) is 0 Å². The first kappa shape index (κ1) is 14.9. The molecule has 0 aromatic carbocycles. The molecule has 1 aromatic heterocycles. The van der Waals surface area contributed by atoms with Crippen molar-refractivity contribution in [1.29, 1.82) is 0 Å². The van der Waals surface area contributed by atoms with E-state index in [9.17, 15) is 4.79 Å². The molecule has 0 unspecified atom stereocenters. The molecule has 0 saturated heterocycles. The van der Waals surface area contributed by atoms with Crippen LogP contribution in [0.4, 0.5) is 5.82 Å². The Morgan fingerprint density at radius 1 is 1.39 bits per heavy atom. The van der Waals surface area contributed by atoms with E-state index in [0.29, 0.717) is 26.1 Å². The lowest BCUT2D eigenvalue weighted by Crippen LogP contribution is -2.30. The summed E-state index contributed by atoms with van der Waals surface area (Å²) in [6.07, 6.45) is 2.06. The summed E-state index contributed by atoms with van der Waals surface area (Å²) in [5.41, 5.74) is 0. The van der Waals surface area contributed by atoms with Crippen LogP contribution in [0.3, 0.4) is 0 Å². The van der Waals surface area contributed by atoms with Gasteiger partial charge in [-0.15, -0.1) is 0 Å². The number of aromatic nitrogens is 1. The van der Waals surface area contributed by atoms with Crippen molar-refractivity contribution in [3.63, 3.8) is 0 Å². The molecule has 0 aliphatic rings. The van der Waals surface area contributed by atoms with E-state index in [-0.39, 0.29) is 5.97 Å². The van der Waals surface area contributed by atoms with Crippen molar-refractivity contribution < 1.29 is 14.3 Å². The van der Waals surface area contributed by atoms with Crippen LogP contribution in [-0.4, -0.2) is 44.9 Å². The van der Waals surface area contributed by atoms with E-state index < -0.39 is 0 Å². The Kier molecular flexibility index (Phi) is 6.67. The van der Waals surface area contributed by atoms with Crippen molar-refractivity contribution in [2.45, 2.75) is 6.42 Å². The lowest BCUT2D eigenvalue weighted by atomic mass is 10.3. The zero-order valence-electron chi connectivity index (χ0n) is 10.6. The fraction of sp³-hybridized carbons (Fsp3) is 0.500. The number of halogens is 1. The zero-order chi connectivity index (χ0) is 13.4. The molecular formula is C12H17BrN2O3. The molecule has 0 bridgehead atoms. The van der Waals surface area contributed by atoms with Gasteiger partial charge in [-0.05, 0) is 28.1 Å². The van der Waals surface area contributed by atoms with Crippen LogP contribution in [-0.2, 0) is 14.3 Å². The number of ether oxygens (including phenoxy) is 2. The standard InChI is InChI=1S/C12H17BrN2O3/c1-17-8-7-15(6-5-12(16)18-2)11-4-3-10(13)9-14-11/h3-4,9H,5-8H2,1-2H3. The van der Waals surface area contributed by atoms with Crippen LogP contribution in [0.15, 0.2) is 22.8 Å². The number of carbonyl (C=O) groups excluding carboxylic acids is 1. The van der Waals surface area contributed by atoms with Crippen LogP contribution in [0.25, 0.3) is 0 Å². The highest BCUT2D eigenvalue weighted by atomic mass is 79.9. The van der Waals surface area contributed by atoms with Crippen molar-refractivity contribution in [2.24, 2.45) is 0 Å². The van der Waals surface area contributed by atoms with Crippen molar-refractivity contribution in [2.75, 3.05) is 38.8 Å². The van der Waals surface area contributed by atoms with Crippen LogP contribution < -0.4 is 4.90 Å². The molecule has 18 heavy (non-hydrogen) atoms. The molecule has 0 atom stereocenters. The van der Waals surface area contributed by atoms with E-state index in [4.69, 9.17) is 4.74 Å². The maximum atomic E-state index is 11.2. The minimum atomic E-state index is -0.227. The van der Waals surface area contributed by atoms with Gasteiger partial charge < -0.3 is 14.4 Å². The van der Waals surface area contributed by atoms with Gasteiger partial charge in [-0.25, -0.2) is 4.98 Å². The number of esters is 1. The van der Waals surface area contributed by atoms with Crippen molar-refractivity contribution in [3.8, 4) is 0 Å². The summed E-state index contributed by atoms with van der Waals surface area (Å²) >= 11 is 3.34. The molecule has 0 spiro atoms. The number of rotatable bonds is 7. The van der Waals surface area contributed by atoms with Gasteiger partial charge in [-0.2, -0.15) is 0 Å². The molecule has 1 heterocycles. The molecule has 6 heteroatoms. The first-order chi connectivity index (χ1) is 8.67. The number of hydrogen-bond acceptors (Lipinski definition) is 5. The maximum absolute atomic E-state index is 11.2. The predicted octanol–water partition coefficient (Wildman–Crippen LogP) is 1.86. The SMILES string of the molecule is COCCN(CCC(=O)OC)c1ccc(Br)cn1. The average molecular weight is 317 g/mol. The average Bonchev–Trinajstić information content (AvgIpc) is 2.40. The lowest BCUT2D eigenvalue weighted by molar-refractivity contribution is -0.140. The summed E-state index contributed by atoms with van der Waals surface area (Å²) in [4.78, 5) is 17.5. The van der Waals surface area contributed by atoms with E-state index in [1.54, 1.807) is 13.3 Å². The summed E-state index contributed by atoms with van der Waals surface area (Å²) < 4.78 is 10.6. The van der Waals surface area contributed by atoms with Crippen LogP contribution in [0.1, 0.15) is 6.42 Å². The molecule has 0 fully saturated rings. The summed E-state index contributed by atoms with van der Waals surface area (Å²) in [7, 11) is 3.03. The van der Waals surface area contributed by atoms with E-state index in [2.05, 4.69) is 25.7 Å². The topological polar surface area (TPSA) is 51.7 Å². The Hall–Kier alpha value is -1.14. The number of nitrogens with zero attached hydrogens (tertiary/aromatic N) is 2. The Bertz CT molecular complexity index is 370. The summed E-state index contributed by atoms with van der Waals surface area (Å²) in [6, 6.07) is 3.82. The normalized spacial score (nSPS) is 10.2. The second kappa shape index (κ2) is 8.05. The van der Waals surface area contributed by atoms with Gasteiger partial charge in [0.2, 0.25) is 0 Å². The van der Waals surface area contributed by atoms with E-state index >= 15 is 0 Å². The first-order valence-corrected chi connectivity index (χ1v) is 6.39. The minimum absolute atomic E-state index is 0.227. The van der Waals surface area contributed by atoms with E-state index in [1.165, 1.54) is 7.11 Å². The third-order valence-corrected chi connectivity index (χ3v) is 2.88. The number of hydrogen-bond donors (Lipinski definition) is 0. The fourth-order valence-corrected chi connectivity index (χ4v) is 1.66. The van der Waals surface area contributed by atoms with Gasteiger partial charge in [0, 0.05) is 30.9 Å². The molecule has 100 valence electrons. The highest BCUT2D eigenvalue weighted by molar-refractivity contribution is 9.10. The molecule has 0 saturated carbocycles. The predicted molar refractivity (Wildman–Crippen MR) is 72.7 cm³/mol. The van der Waals surface area contributed by atoms with E-state index in [0.717, 1.165) is 10.3 Å². The second-order valence-electron chi connectivity index (χ2n) is 3.64. The molecule has 0 aliphatic heterocycles. The first-order valence-electron chi connectivity index (χ1n) is 5.59. The number of carbonyl (C=O) groups is 1. The van der Waals surface area contributed by atoms with Gasteiger partial charge in [0.15, 0.2) is 0 Å². The number of anilines is 1. The Labute approximate surface area is 115 Å². The highest BCUT2D eigenvalue weighted by Crippen LogP contribution is 2.15. The second-order valence-corrected chi connectivity index (χ2v) is 4.56. The Morgan fingerprint density at radius 2 is 2.17 bits per heavy atom. The molecular weight excluding hydrogens is 300 g/mol. The summed E-state index contributed by atoms with van der Waals surface area (Å²) in [5.74, 6) is 0.591. The smallest absolute Gasteiger partial charge is 0.307 e. The van der Waals surface area contributed by atoms with Crippen molar-refractivity contribution in [3.05, 3.63) is 22.8 Å². The third kappa shape index (κ3) is 5.01. The minimum Gasteiger partial charge on any atom is -0.469 e. The van der Waals surface area contributed by atoms with Crippen molar-refractivity contribution >= 4 is 27.7 Å². The van der Waals surface area contributed by atoms with Gasteiger partial charge in [0.1, 0.15) is 5.82 Å². The quantitative estimate of drug-likeness (QED) is 0.719. The largest absolute Gasteiger partial charge is 0.469 e. The van der Waals surface area contributed by atoms with Crippen molar-refractivity contribution in [1.82, 2.24) is 4.98 Å². The number of methoxy groups -OCH3 is 2. The monoisotopic (exact) mass is 316 g/mol. The van der Waals surface area contributed by atoms with E-state index in [1.807, 2.05) is 17.0 Å². The van der Waals surface area contributed by atoms with Crippen LogP contribution >= 0.6 is 15.9 Å². The highest BCUT2D eigenvalue weighted by Gasteiger charge is 2.10. The third-order valence-electron chi connectivity index (χ3n) is 2.41. The van der Waals surface area contributed by atoms with Gasteiger partial charge >= 0.3 is 5.97 Å². The lowest BCUT2D eigenvalue weighted by Gasteiger charge is -2.22. The van der Waals surface area contributed by atoms with Gasteiger partial charge in [-0.3, -0.25) is 4.79 Å². The molecule has 0 amide bonds. The summed E-state index contributed by atoms with van der Waals surface area (Å²) in [5, 5.41) is 0. The molecule has 0 N–H and O–H groups in total. The molecule has 1 rings (SSSR count). The molecule has 5 nitrogen and oxygen atoms in total. The van der Waals surface area contributed by atoms with Gasteiger partial charge in [0.05, 0.1) is 20.1 Å². The summed E-state index contributed by atoms with van der Waals surface area (Å²) in [6.45, 7) is 1.83. The Morgan fingerprint density at radius 3 is 2.72 bits per heavy atom. The van der Waals surface area contributed by atoms with Crippen LogP contribution in [0.5, 0.6) is 0 Å². The van der Waals surface area contributed by atoms with Gasteiger partial charge in [-0.1, -0.05) is 0 Å². The zero-order valence-corrected chi connectivity index (χ0v) is 12.1.